The van der Waals surface area contributed by atoms with E-state index in [0.29, 0.717) is 29.9 Å². The Morgan fingerprint density at radius 3 is 2.94 bits per heavy atom. The Morgan fingerprint density at radius 2 is 2.29 bits per heavy atom. The number of benzene rings is 1. The Hall–Kier alpha value is -1.25. The van der Waals surface area contributed by atoms with Gasteiger partial charge in [-0.25, -0.2) is 4.39 Å². The minimum absolute atomic E-state index is 0.144. The maximum absolute atomic E-state index is 13.4. The molecule has 0 spiro atoms. The highest BCUT2D eigenvalue weighted by atomic mass is 32.2. The van der Waals surface area contributed by atoms with Crippen LogP contribution in [0, 0.1) is 17.1 Å². The van der Waals surface area contributed by atoms with E-state index >= 15 is 0 Å². The summed E-state index contributed by atoms with van der Waals surface area (Å²) in [5.74, 6) is 0.207. The fraction of sp³-hybridized carbons (Fsp3) is 0.417. The maximum Gasteiger partial charge on any atom is 0.127 e. The molecular formula is C12H14FNO2S. The van der Waals surface area contributed by atoms with Crippen molar-refractivity contribution in [3.05, 3.63) is 35.1 Å². The lowest BCUT2D eigenvalue weighted by Crippen LogP contribution is -2.05. The van der Waals surface area contributed by atoms with Crippen molar-refractivity contribution in [2.24, 2.45) is 0 Å². The van der Waals surface area contributed by atoms with Gasteiger partial charge in [-0.15, -0.1) is 0 Å². The standard InChI is InChI=1S/C12H14FNO2S/c1-16-5-2-6-17(15)9-11-7-10(8-14)3-4-12(11)13/h3-4,7H,2,5-6,9H2,1H3. The number of nitriles is 1. The molecule has 1 rings (SSSR count). The number of hydrogen-bond donors (Lipinski definition) is 0. The van der Waals surface area contributed by atoms with E-state index in [1.165, 1.54) is 18.2 Å². The van der Waals surface area contributed by atoms with Gasteiger partial charge in [-0.2, -0.15) is 5.26 Å². The van der Waals surface area contributed by atoms with Crippen LogP contribution in [0.15, 0.2) is 18.2 Å². The molecule has 17 heavy (non-hydrogen) atoms. The first kappa shape index (κ1) is 13.8. The molecule has 1 unspecified atom stereocenters. The Morgan fingerprint density at radius 1 is 1.53 bits per heavy atom. The van der Waals surface area contributed by atoms with Crippen LogP contribution in [0.2, 0.25) is 0 Å². The third kappa shape index (κ3) is 4.63. The first-order valence-corrected chi connectivity index (χ1v) is 6.68. The molecule has 92 valence electrons. The highest BCUT2D eigenvalue weighted by Crippen LogP contribution is 2.12. The predicted molar refractivity (Wildman–Crippen MR) is 64.3 cm³/mol. The van der Waals surface area contributed by atoms with Gasteiger partial charge in [0.2, 0.25) is 0 Å². The Balaban J connectivity index is 2.61. The van der Waals surface area contributed by atoms with Gasteiger partial charge >= 0.3 is 0 Å². The van der Waals surface area contributed by atoms with Crippen molar-refractivity contribution in [2.75, 3.05) is 19.5 Å². The van der Waals surface area contributed by atoms with Crippen LogP contribution in [0.5, 0.6) is 0 Å². The summed E-state index contributed by atoms with van der Waals surface area (Å²) in [7, 11) is 0.460. The number of ether oxygens (including phenoxy) is 1. The molecule has 0 saturated carbocycles. The fourth-order valence-corrected chi connectivity index (χ4v) is 2.52. The normalized spacial score (nSPS) is 12.1. The third-order valence-corrected chi connectivity index (χ3v) is 3.59. The van der Waals surface area contributed by atoms with Crippen molar-refractivity contribution in [3.8, 4) is 6.07 Å². The van der Waals surface area contributed by atoms with Gasteiger partial charge in [0.1, 0.15) is 5.82 Å². The summed E-state index contributed by atoms with van der Waals surface area (Å²) in [5.41, 5.74) is 0.718. The van der Waals surface area contributed by atoms with Gasteiger partial charge in [0.05, 0.1) is 17.4 Å². The highest BCUT2D eigenvalue weighted by molar-refractivity contribution is 7.84. The molecular weight excluding hydrogens is 241 g/mol. The zero-order chi connectivity index (χ0) is 12.7. The molecule has 0 fully saturated rings. The van der Waals surface area contributed by atoms with E-state index in [9.17, 15) is 8.60 Å². The molecule has 0 aliphatic carbocycles. The number of nitrogens with zero attached hydrogens (tertiary/aromatic N) is 1. The molecule has 1 aromatic carbocycles. The Labute approximate surface area is 103 Å². The molecule has 0 aliphatic rings. The van der Waals surface area contributed by atoms with Gasteiger partial charge in [-0.3, -0.25) is 4.21 Å². The average Bonchev–Trinajstić information content (AvgIpc) is 2.32. The number of hydrogen-bond acceptors (Lipinski definition) is 3. The summed E-state index contributed by atoms with van der Waals surface area (Å²) < 4.78 is 29.9. The summed E-state index contributed by atoms with van der Waals surface area (Å²) in [6.45, 7) is 0.548. The second kappa shape index (κ2) is 7.15. The average molecular weight is 255 g/mol. The van der Waals surface area contributed by atoms with Gasteiger partial charge in [0.15, 0.2) is 0 Å². The van der Waals surface area contributed by atoms with Crippen LogP contribution >= 0.6 is 0 Å². The van der Waals surface area contributed by atoms with Crippen LogP contribution in [0.3, 0.4) is 0 Å². The zero-order valence-corrected chi connectivity index (χ0v) is 10.4. The minimum Gasteiger partial charge on any atom is -0.385 e. The highest BCUT2D eigenvalue weighted by Gasteiger charge is 2.08. The van der Waals surface area contributed by atoms with Crippen LogP contribution in [-0.2, 0) is 21.3 Å². The second-order valence-corrected chi connectivity index (χ2v) is 5.13. The molecule has 0 saturated heterocycles. The van der Waals surface area contributed by atoms with Crippen molar-refractivity contribution in [3.63, 3.8) is 0 Å². The van der Waals surface area contributed by atoms with Gasteiger partial charge in [0.25, 0.3) is 0 Å². The topological polar surface area (TPSA) is 50.1 Å². The smallest absolute Gasteiger partial charge is 0.127 e. The van der Waals surface area contributed by atoms with Crippen molar-refractivity contribution in [1.82, 2.24) is 0 Å². The molecule has 3 nitrogen and oxygen atoms in total. The molecule has 0 radical (unpaired) electrons. The van der Waals surface area contributed by atoms with Crippen LogP contribution in [0.25, 0.3) is 0 Å². The SMILES string of the molecule is COCCCS(=O)Cc1cc(C#N)ccc1F. The van der Waals surface area contributed by atoms with E-state index < -0.39 is 16.6 Å². The molecule has 1 aromatic rings. The zero-order valence-electron chi connectivity index (χ0n) is 9.61. The van der Waals surface area contributed by atoms with Gasteiger partial charge in [-0.1, -0.05) is 0 Å². The van der Waals surface area contributed by atoms with Crippen molar-refractivity contribution in [1.29, 1.82) is 5.26 Å². The fourth-order valence-electron chi connectivity index (χ4n) is 1.36. The van der Waals surface area contributed by atoms with E-state index in [-0.39, 0.29) is 5.75 Å². The van der Waals surface area contributed by atoms with E-state index in [1.54, 1.807) is 7.11 Å². The van der Waals surface area contributed by atoms with Crippen LogP contribution < -0.4 is 0 Å². The van der Waals surface area contributed by atoms with Crippen molar-refractivity contribution < 1.29 is 13.3 Å². The second-order valence-electron chi connectivity index (χ2n) is 3.55. The van der Waals surface area contributed by atoms with Crippen molar-refractivity contribution in [2.45, 2.75) is 12.2 Å². The Kier molecular flexibility index (Phi) is 5.81. The summed E-state index contributed by atoms with van der Waals surface area (Å²) >= 11 is 0. The lowest BCUT2D eigenvalue weighted by Gasteiger charge is -2.04. The minimum atomic E-state index is -1.12. The lowest BCUT2D eigenvalue weighted by atomic mass is 10.1. The van der Waals surface area contributed by atoms with Crippen LogP contribution in [0.1, 0.15) is 17.5 Å². The predicted octanol–water partition coefficient (Wildman–Crippen LogP) is 1.98. The summed E-state index contributed by atoms with van der Waals surface area (Å²) in [6, 6.07) is 6.03. The summed E-state index contributed by atoms with van der Waals surface area (Å²) in [5, 5.41) is 8.70. The number of rotatable bonds is 6. The molecule has 0 bridgehead atoms. The monoisotopic (exact) mass is 255 g/mol. The molecule has 1 atom stereocenters. The third-order valence-electron chi connectivity index (χ3n) is 2.21. The molecule has 0 aliphatic heterocycles. The first-order valence-electron chi connectivity index (χ1n) is 5.20. The van der Waals surface area contributed by atoms with Gasteiger partial charge < -0.3 is 4.74 Å². The van der Waals surface area contributed by atoms with Gasteiger partial charge in [-0.05, 0) is 24.6 Å². The first-order chi connectivity index (χ1) is 8.17. The van der Waals surface area contributed by atoms with Gasteiger partial charge in [0, 0.05) is 35.8 Å². The molecule has 0 N–H and O–H groups in total. The summed E-state index contributed by atoms with van der Waals surface area (Å²) in [4.78, 5) is 0. The van der Waals surface area contributed by atoms with E-state index in [1.807, 2.05) is 6.07 Å². The molecule has 0 heterocycles. The van der Waals surface area contributed by atoms with E-state index in [0.717, 1.165) is 0 Å². The Bertz CT molecular complexity index is 443. The van der Waals surface area contributed by atoms with Crippen LogP contribution in [0.4, 0.5) is 4.39 Å². The van der Waals surface area contributed by atoms with Crippen molar-refractivity contribution >= 4 is 10.8 Å². The maximum atomic E-state index is 13.4. The number of halogens is 1. The number of methoxy groups -OCH3 is 1. The van der Waals surface area contributed by atoms with E-state index in [4.69, 9.17) is 10.00 Å². The lowest BCUT2D eigenvalue weighted by molar-refractivity contribution is 0.200. The molecule has 0 amide bonds. The molecule has 5 heteroatoms. The van der Waals surface area contributed by atoms with Crippen LogP contribution in [-0.4, -0.2) is 23.7 Å². The largest absolute Gasteiger partial charge is 0.385 e. The van der Waals surface area contributed by atoms with E-state index in [2.05, 4.69) is 0 Å². The quantitative estimate of drug-likeness (QED) is 0.730. The summed E-state index contributed by atoms with van der Waals surface area (Å²) in [6.07, 6.45) is 0.683. The molecule has 0 aromatic heterocycles.